The molecule has 4 aromatic rings. The van der Waals surface area contributed by atoms with Crippen LogP contribution in [0.25, 0.3) is 11.0 Å². The van der Waals surface area contributed by atoms with E-state index in [4.69, 9.17) is 0 Å². The zero-order valence-electron chi connectivity index (χ0n) is 15.8. The molecular formula is C22H19FN4OS. The van der Waals surface area contributed by atoms with Gasteiger partial charge < -0.3 is 9.88 Å². The Morgan fingerprint density at radius 3 is 2.69 bits per heavy atom. The van der Waals surface area contributed by atoms with E-state index < -0.39 is 0 Å². The van der Waals surface area contributed by atoms with Crippen LogP contribution in [-0.2, 0) is 12.3 Å². The maximum absolute atomic E-state index is 13.1. The summed E-state index contributed by atoms with van der Waals surface area (Å²) in [5.41, 5.74) is 3.33. The number of aromatic amines is 1. The van der Waals surface area contributed by atoms with E-state index in [1.165, 1.54) is 23.9 Å². The Labute approximate surface area is 172 Å². The summed E-state index contributed by atoms with van der Waals surface area (Å²) in [6.45, 7) is 0.366. The van der Waals surface area contributed by atoms with E-state index in [0.717, 1.165) is 22.4 Å². The van der Waals surface area contributed by atoms with Crippen molar-refractivity contribution in [2.24, 2.45) is 0 Å². The second kappa shape index (κ2) is 8.45. The number of rotatable bonds is 6. The molecule has 0 aliphatic carbocycles. The number of aromatic nitrogens is 3. The first-order chi connectivity index (χ1) is 14.1. The van der Waals surface area contributed by atoms with E-state index in [9.17, 15) is 9.18 Å². The Morgan fingerprint density at radius 2 is 1.90 bits per heavy atom. The van der Waals surface area contributed by atoms with Crippen molar-refractivity contribution < 1.29 is 9.18 Å². The third-order valence-corrected chi connectivity index (χ3v) is 5.54. The lowest BCUT2D eigenvalue weighted by Gasteiger charge is -2.17. The van der Waals surface area contributed by atoms with Crippen LogP contribution in [0.1, 0.15) is 21.7 Å². The fourth-order valence-corrected chi connectivity index (χ4v) is 3.93. The predicted molar refractivity (Wildman–Crippen MR) is 112 cm³/mol. The molecule has 5 nitrogen and oxygen atoms in total. The van der Waals surface area contributed by atoms with E-state index in [-0.39, 0.29) is 11.7 Å². The molecule has 0 aliphatic heterocycles. The van der Waals surface area contributed by atoms with Crippen molar-refractivity contribution >= 4 is 28.7 Å². The summed E-state index contributed by atoms with van der Waals surface area (Å²) in [5, 5.41) is 0.651. The van der Waals surface area contributed by atoms with Crippen LogP contribution in [0.15, 0.2) is 71.9 Å². The van der Waals surface area contributed by atoms with Crippen LogP contribution >= 0.6 is 11.8 Å². The molecule has 0 spiro atoms. The molecule has 0 fully saturated rings. The molecule has 0 atom stereocenters. The fourth-order valence-electron chi connectivity index (χ4n) is 2.98. The third kappa shape index (κ3) is 4.46. The number of nitrogens with zero attached hydrogens (tertiary/aromatic N) is 3. The van der Waals surface area contributed by atoms with Gasteiger partial charge in [0.15, 0.2) is 0 Å². The first-order valence-corrected chi connectivity index (χ1v) is 10.1. The first kappa shape index (κ1) is 19.1. The number of hydrogen-bond acceptors (Lipinski definition) is 4. The number of halogens is 1. The number of nitrogens with one attached hydrogen (secondary N) is 1. The van der Waals surface area contributed by atoms with Crippen molar-refractivity contribution in [1.29, 1.82) is 0 Å². The third-order valence-electron chi connectivity index (χ3n) is 4.46. The minimum absolute atomic E-state index is 0.125. The molecule has 0 unspecified atom stereocenters. The zero-order chi connectivity index (χ0) is 20.2. The van der Waals surface area contributed by atoms with Gasteiger partial charge in [0.25, 0.3) is 5.91 Å². The number of fused-ring (bicyclic) bond motifs is 1. The monoisotopic (exact) mass is 406 g/mol. The van der Waals surface area contributed by atoms with Crippen LogP contribution in [0.5, 0.6) is 0 Å². The number of thioether (sulfide) groups is 1. The van der Waals surface area contributed by atoms with Crippen molar-refractivity contribution in [3.8, 4) is 0 Å². The van der Waals surface area contributed by atoms with Gasteiger partial charge in [0.1, 0.15) is 16.7 Å². The summed E-state index contributed by atoms with van der Waals surface area (Å²) in [7, 11) is 1.75. The van der Waals surface area contributed by atoms with Crippen LogP contribution in [0.4, 0.5) is 4.39 Å². The van der Waals surface area contributed by atoms with Crippen LogP contribution in [0.2, 0.25) is 0 Å². The van der Waals surface area contributed by atoms with Gasteiger partial charge in [-0.05, 0) is 42.0 Å². The maximum atomic E-state index is 13.1. The Kier molecular flexibility index (Phi) is 5.57. The molecule has 1 N–H and O–H groups in total. The fraction of sp³-hybridized carbons (Fsp3) is 0.136. The van der Waals surface area contributed by atoms with Crippen molar-refractivity contribution in [2.75, 3.05) is 7.05 Å². The standard InChI is InChI=1S/C22H19FN4OS/c1-27(13-20-25-18-6-2-3-7-19(18)26-20)22(28)17-5-4-12-24-21(17)29-14-15-8-10-16(23)11-9-15/h2-12H,13-14H2,1H3,(H,25,26). The summed E-state index contributed by atoms with van der Waals surface area (Å²) in [4.78, 5) is 26.8. The van der Waals surface area contributed by atoms with Crippen LogP contribution < -0.4 is 0 Å². The first-order valence-electron chi connectivity index (χ1n) is 9.11. The maximum Gasteiger partial charge on any atom is 0.256 e. The SMILES string of the molecule is CN(Cc1nc2ccccc2[nH]1)C(=O)c1cccnc1SCc1ccc(F)cc1. The number of pyridine rings is 1. The van der Waals surface area contributed by atoms with Gasteiger partial charge in [0.05, 0.1) is 23.1 Å². The summed E-state index contributed by atoms with van der Waals surface area (Å²) >= 11 is 1.46. The number of para-hydroxylation sites is 2. The number of H-pyrrole nitrogens is 1. The van der Waals surface area contributed by atoms with Crippen LogP contribution in [0, 0.1) is 5.82 Å². The lowest BCUT2D eigenvalue weighted by atomic mass is 10.2. The molecule has 2 heterocycles. The van der Waals surface area contributed by atoms with Crippen molar-refractivity contribution in [3.63, 3.8) is 0 Å². The van der Waals surface area contributed by atoms with Gasteiger partial charge in [-0.3, -0.25) is 4.79 Å². The number of carbonyl (C=O) groups excluding carboxylic acids is 1. The van der Waals surface area contributed by atoms with Crippen LogP contribution in [0.3, 0.4) is 0 Å². The quantitative estimate of drug-likeness (QED) is 0.473. The van der Waals surface area contributed by atoms with E-state index in [1.54, 1.807) is 42.4 Å². The summed E-state index contributed by atoms with van der Waals surface area (Å²) in [6.07, 6.45) is 1.67. The predicted octanol–water partition coefficient (Wildman–Crippen LogP) is 4.66. The van der Waals surface area contributed by atoms with Gasteiger partial charge in [-0.15, -0.1) is 11.8 Å². The molecule has 7 heteroatoms. The largest absolute Gasteiger partial charge is 0.340 e. The molecular weight excluding hydrogens is 387 g/mol. The minimum Gasteiger partial charge on any atom is -0.340 e. The molecule has 0 aliphatic rings. The van der Waals surface area contributed by atoms with Crippen molar-refractivity contribution in [3.05, 3.63) is 89.6 Å². The van der Waals surface area contributed by atoms with Gasteiger partial charge in [-0.25, -0.2) is 14.4 Å². The Bertz CT molecular complexity index is 1110. The molecule has 4 rings (SSSR count). The average molecular weight is 406 g/mol. The van der Waals surface area contributed by atoms with Gasteiger partial charge in [-0.2, -0.15) is 0 Å². The molecule has 0 bridgehead atoms. The second-order valence-electron chi connectivity index (χ2n) is 6.63. The molecule has 146 valence electrons. The molecule has 0 saturated heterocycles. The minimum atomic E-state index is -0.264. The van der Waals surface area contributed by atoms with E-state index in [0.29, 0.717) is 22.9 Å². The Hall–Kier alpha value is -3.19. The van der Waals surface area contributed by atoms with E-state index in [1.807, 2.05) is 24.3 Å². The Morgan fingerprint density at radius 1 is 1.10 bits per heavy atom. The second-order valence-corrected chi connectivity index (χ2v) is 7.60. The number of benzene rings is 2. The molecule has 0 radical (unpaired) electrons. The van der Waals surface area contributed by atoms with E-state index >= 15 is 0 Å². The highest BCUT2D eigenvalue weighted by Gasteiger charge is 2.18. The highest BCUT2D eigenvalue weighted by Crippen LogP contribution is 2.25. The molecule has 29 heavy (non-hydrogen) atoms. The number of imidazole rings is 1. The van der Waals surface area contributed by atoms with Crippen LogP contribution in [-0.4, -0.2) is 32.8 Å². The number of hydrogen-bond donors (Lipinski definition) is 1. The van der Waals surface area contributed by atoms with Gasteiger partial charge in [0, 0.05) is 19.0 Å². The zero-order valence-corrected chi connectivity index (χ0v) is 16.6. The molecule has 2 aromatic heterocycles. The number of carbonyl (C=O) groups is 1. The highest BCUT2D eigenvalue weighted by molar-refractivity contribution is 7.98. The molecule has 2 aromatic carbocycles. The lowest BCUT2D eigenvalue weighted by Crippen LogP contribution is -2.27. The van der Waals surface area contributed by atoms with E-state index in [2.05, 4.69) is 15.0 Å². The normalized spacial score (nSPS) is 11.0. The molecule has 1 amide bonds. The average Bonchev–Trinajstić information content (AvgIpc) is 3.15. The lowest BCUT2D eigenvalue weighted by molar-refractivity contribution is 0.0777. The Balaban J connectivity index is 1.48. The smallest absolute Gasteiger partial charge is 0.256 e. The van der Waals surface area contributed by atoms with Gasteiger partial charge in [-0.1, -0.05) is 24.3 Å². The van der Waals surface area contributed by atoms with Gasteiger partial charge >= 0.3 is 0 Å². The summed E-state index contributed by atoms with van der Waals surface area (Å²) < 4.78 is 13.1. The summed E-state index contributed by atoms with van der Waals surface area (Å²) in [5.74, 6) is 0.941. The molecule has 0 saturated carbocycles. The van der Waals surface area contributed by atoms with Crippen molar-refractivity contribution in [2.45, 2.75) is 17.3 Å². The van der Waals surface area contributed by atoms with Gasteiger partial charge in [0.2, 0.25) is 0 Å². The topological polar surface area (TPSA) is 61.9 Å². The summed E-state index contributed by atoms with van der Waals surface area (Å²) in [6, 6.07) is 17.6. The van der Waals surface area contributed by atoms with Crippen molar-refractivity contribution in [1.82, 2.24) is 19.9 Å². The number of amides is 1. The highest BCUT2D eigenvalue weighted by atomic mass is 32.2.